The van der Waals surface area contributed by atoms with Crippen LogP contribution in [-0.4, -0.2) is 24.1 Å². The second-order valence-corrected chi connectivity index (χ2v) is 7.16. The van der Waals surface area contributed by atoms with Crippen LogP contribution in [0, 0.1) is 5.92 Å². The maximum atomic E-state index is 11.9. The molecule has 1 amide bonds. The molecule has 2 aromatic rings. The number of hydrogen-bond acceptors (Lipinski definition) is 5. The van der Waals surface area contributed by atoms with E-state index in [4.69, 9.17) is 9.47 Å². The molecule has 3 aliphatic rings. The first kappa shape index (κ1) is 16.1. The molecule has 1 fully saturated rings. The van der Waals surface area contributed by atoms with E-state index in [9.17, 15) is 4.79 Å². The van der Waals surface area contributed by atoms with E-state index in [0.717, 1.165) is 58.1 Å². The van der Waals surface area contributed by atoms with Crippen LogP contribution in [0.15, 0.2) is 46.6 Å². The van der Waals surface area contributed by atoms with Crippen molar-refractivity contribution >= 4 is 23.0 Å². The third-order valence-corrected chi connectivity index (χ3v) is 4.99. The highest BCUT2D eigenvalue weighted by molar-refractivity contribution is 6.15. The predicted octanol–water partition coefficient (Wildman–Crippen LogP) is 3.53. The Bertz CT molecular complexity index is 988. The van der Waals surface area contributed by atoms with Crippen LogP contribution in [0.5, 0.6) is 11.5 Å². The largest absolute Gasteiger partial charge is 0.454 e. The fourth-order valence-electron chi connectivity index (χ4n) is 3.37. The molecule has 6 nitrogen and oxygen atoms in total. The monoisotopic (exact) mass is 361 g/mol. The van der Waals surface area contributed by atoms with E-state index < -0.39 is 0 Å². The number of hydrogen-bond donors (Lipinski definition) is 1. The summed E-state index contributed by atoms with van der Waals surface area (Å²) >= 11 is 0. The number of carbonyl (C=O) groups excluding carboxylic acids is 1. The quantitative estimate of drug-likeness (QED) is 0.909. The van der Waals surface area contributed by atoms with E-state index in [0.29, 0.717) is 6.42 Å². The van der Waals surface area contributed by atoms with Gasteiger partial charge in [0.25, 0.3) is 0 Å². The summed E-state index contributed by atoms with van der Waals surface area (Å²) in [5, 5.41) is 11.8. The van der Waals surface area contributed by atoms with Gasteiger partial charge in [0.2, 0.25) is 12.7 Å². The number of nitrogens with one attached hydrogen (secondary N) is 1. The Balaban J connectivity index is 1.49. The minimum atomic E-state index is 0.104. The first-order valence-electron chi connectivity index (χ1n) is 9.13. The van der Waals surface area contributed by atoms with Gasteiger partial charge in [0.1, 0.15) is 5.71 Å². The first-order valence-corrected chi connectivity index (χ1v) is 9.13. The Labute approximate surface area is 156 Å². The normalized spacial score (nSPS) is 17.5. The first-order chi connectivity index (χ1) is 13.2. The molecule has 1 N–H and O–H groups in total. The second kappa shape index (κ2) is 6.23. The lowest BCUT2D eigenvalue weighted by atomic mass is 9.94. The molecule has 0 unspecified atom stereocenters. The molecule has 0 atom stereocenters. The number of amides is 1. The van der Waals surface area contributed by atoms with E-state index in [-0.39, 0.29) is 18.6 Å². The average molecular weight is 361 g/mol. The molecular formula is C21H19N3O3. The molecule has 0 aromatic heterocycles. The van der Waals surface area contributed by atoms with Crippen molar-refractivity contribution in [1.82, 2.24) is 0 Å². The fraction of sp³-hybridized carbons (Fsp3) is 0.286. The van der Waals surface area contributed by atoms with Gasteiger partial charge in [0.05, 0.1) is 0 Å². The Hall–Kier alpha value is -3.15. The number of nitrogens with zero attached hydrogens (tertiary/aromatic N) is 2. The van der Waals surface area contributed by atoms with E-state index in [1.54, 1.807) is 0 Å². The topological polar surface area (TPSA) is 72.3 Å². The fourth-order valence-corrected chi connectivity index (χ4v) is 3.37. The number of ether oxygens (including phenoxy) is 2. The lowest BCUT2D eigenvalue weighted by Crippen LogP contribution is -2.13. The van der Waals surface area contributed by atoms with Gasteiger partial charge in [-0.2, -0.15) is 5.10 Å². The van der Waals surface area contributed by atoms with E-state index >= 15 is 0 Å². The van der Waals surface area contributed by atoms with E-state index in [2.05, 4.69) is 15.5 Å². The van der Waals surface area contributed by atoms with Gasteiger partial charge >= 0.3 is 0 Å². The molecule has 0 spiro atoms. The van der Waals surface area contributed by atoms with Crippen LogP contribution in [-0.2, 0) is 11.2 Å². The molecule has 27 heavy (non-hydrogen) atoms. The van der Waals surface area contributed by atoms with E-state index in [1.165, 1.54) is 0 Å². The van der Waals surface area contributed by atoms with Gasteiger partial charge in [-0.3, -0.25) is 4.79 Å². The molecule has 2 heterocycles. The van der Waals surface area contributed by atoms with Crippen LogP contribution >= 0.6 is 0 Å². The Kier molecular flexibility index (Phi) is 3.70. The van der Waals surface area contributed by atoms with Crippen molar-refractivity contribution in [1.29, 1.82) is 0 Å². The zero-order chi connectivity index (χ0) is 18.4. The van der Waals surface area contributed by atoms with Crippen molar-refractivity contribution in [2.45, 2.75) is 26.2 Å². The van der Waals surface area contributed by atoms with Crippen LogP contribution in [0.2, 0.25) is 0 Å². The Morgan fingerprint density at radius 3 is 2.56 bits per heavy atom. The number of anilines is 1. The van der Waals surface area contributed by atoms with E-state index in [1.807, 2.05) is 43.3 Å². The zero-order valence-corrected chi connectivity index (χ0v) is 15.0. The average Bonchev–Trinajstić information content (AvgIpc) is 3.44. The van der Waals surface area contributed by atoms with Crippen LogP contribution in [0.3, 0.4) is 0 Å². The van der Waals surface area contributed by atoms with Gasteiger partial charge in [-0.05, 0) is 49.6 Å². The van der Waals surface area contributed by atoms with Crippen molar-refractivity contribution in [3.8, 4) is 11.5 Å². The minimum absolute atomic E-state index is 0.104. The third kappa shape index (κ3) is 3.07. The predicted molar refractivity (Wildman–Crippen MR) is 103 cm³/mol. The highest BCUT2D eigenvalue weighted by atomic mass is 16.7. The van der Waals surface area contributed by atoms with Crippen LogP contribution in [0.1, 0.15) is 36.5 Å². The van der Waals surface area contributed by atoms with Gasteiger partial charge in [-0.1, -0.05) is 12.1 Å². The number of rotatable bonds is 3. The number of carbonyl (C=O) groups is 1. The standard InChI is InChI=1S/C21H19N3O3/c1-12-8-15-9-18-19(27-11-26-18)10-17(15)20(24-23-12)13-4-6-16(7-5-13)22-21(25)14-2-3-14/h4-7,9-10,14H,2-3,8,11H2,1H3,(H,22,25). The third-order valence-electron chi connectivity index (χ3n) is 4.99. The van der Waals surface area contributed by atoms with Crippen molar-refractivity contribution in [2.75, 3.05) is 12.1 Å². The molecule has 2 aromatic carbocycles. The molecule has 0 radical (unpaired) electrons. The highest BCUT2D eigenvalue weighted by Crippen LogP contribution is 2.37. The summed E-state index contributed by atoms with van der Waals surface area (Å²) in [5.74, 6) is 1.78. The van der Waals surface area contributed by atoms with Crippen LogP contribution in [0.4, 0.5) is 5.69 Å². The SMILES string of the molecule is CC1=NN=C(c2ccc(NC(=O)C3CC3)cc2)c2cc3c(cc2C1)OCO3. The van der Waals surface area contributed by atoms with Gasteiger partial charge in [0.15, 0.2) is 11.5 Å². The van der Waals surface area contributed by atoms with Crippen molar-refractivity contribution < 1.29 is 14.3 Å². The Morgan fingerprint density at radius 1 is 1.07 bits per heavy atom. The number of benzene rings is 2. The van der Waals surface area contributed by atoms with Gasteiger partial charge < -0.3 is 14.8 Å². The molecule has 6 heteroatoms. The minimum Gasteiger partial charge on any atom is -0.454 e. The molecule has 0 saturated heterocycles. The molecule has 0 bridgehead atoms. The summed E-state index contributed by atoms with van der Waals surface area (Å²) in [4.78, 5) is 11.9. The summed E-state index contributed by atoms with van der Waals surface area (Å²) in [7, 11) is 0. The maximum Gasteiger partial charge on any atom is 0.231 e. The van der Waals surface area contributed by atoms with Crippen LogP contribution < -0.4 is 14.8 Å². The van der Waals surface area contributed by atoms with Crippen molar-refractivity contribution in [3.05, 3.63) is 53.1 Å². The number of fused-ring (bicyclic) bond motifs is 2. The molecule has 1 saturated carbocycles. The van der Waals surface area contributed by atoms with Gasteiger partial charge in [0, 0.05) is 34.9 Å². The summed E-state index contributed by atoms with van der Waals surface area (Å²) in [5.41, 5.74) is 5.59. The molecule has 1 aliphatic carbocycles. The molecule has 136 valence electrons. The maximum absolute atomic E-state index is 11.9. The van der Waals surface area contributed by atoms with Crippen molar-refractivity contribution in [2.24, 2.45) is 16.1 Å². The second-order valence-electron chi connectivity index (χ2n) is 7.16. The van der Waals surface area contributed by atoms with Gasteiger partial charge in [-0.25, -0.2) is 0 Å². The zero-order valence-electron chi connectivity index (χ0n) is 15.0. The summed E-state index contributed by atoms with van der Waals surface area (Å²) in [6, 6.07) is 11.7. The molecule has 5 rings (SSSR count). The summed E-state index contributed by atoms with van der Waals surface area (Å²) in [6.45, 7) is 2.21. The van der Waals surface area contributed by atoms with Crippen molar-refractivity contribution in [3.63, 3.8) is 0 Å². The Morgan fingerprint density at radius 2 is 1.81 bits per heavy atom. The van der Waals surface area contributed by atoms with Gasteiger partial charge in [-0.15, -0.1) is 5.10 Å². The highest BCUT2D eigenvalue weighted by Gasteiger charge is 2.29. The lowest BCUT2D eigenvalue weighted by molar-refractivity contribution is -0.117. The van der Waals surface area contributed by atoms with Crippen LogP contribution in [0.25, 0.3) is 0 Å². The summed E-state index contributed by atoms with van der Waals surface area (Å²) < 4.78 is 11.1. The lowest BCUT2D eigenvalue weighted by Gasteiger charge is -2.11. The molecular weight excluding hydrogens is 342 g/mol. The smallest absolute Gasteiger partial charge is 0.231 e. The molecule has 2 aliphatic heterocycles. The summed E-state index contributed by atoms with van der Waals surface area (Å²) in [6.07, 6.45) is 2.70.